The lowest BCUT2D eigenvalue weighted by Gasteiger charge is -2.11. The number of benzene rings is 1. The Bertz CT molecular complexity index is 1530. The van der Waals surface area contributed by atoms with Crippen LogP contribution >= 0.6 is 0 Å². The number of pyridine rings is 1. The van der Waals surface area contributed by atoms with E-state index in [4.69, 9.17) is 14.7 Å². The SMILES string of the molecule is CCOc1ccc(-c2nc(C(=O)NCCCCCCC(=O)NO)c3[nH]c(=O)n(-c4ccccc4OC)c3n2)cn1. The number of amides is 2. The molecule has 40 heavy (non-hydrogen) atoms. The predicted octanol–water partition coefficient (Wildman–Crippen LogP) is 2.76. The van der Waals surface area contributed by atoms with Crippen molar-refractivity contribution < 1.29 is 24.3 Å². The van der Waals surface area contributed by atoms with Crippen molar-refractivity contribution in [2.45, 2.75) is 39.0 Å². The zero-order valence-electron chi connectivity index (χ0n) is 22.3. The van der Waals surface area contributed by atoms with Crippen molar-refractivity contribution in [2.75, 3.05) is 20.3 Å². The van der Waals surface area contributed by atoms with Gasteiger partial charge in [0.1, 0.15) is 11.3 Å². The average Bonchev–Trinajstić information content (AvgIpc) is 3.31. The first kappa shape index (κ1) is 28.2. The van der Waals surface area contributed by atoms with Gasteiger partial charge in [-0.3, -0.25) is 14.8 Å². The van der Waals surface area contributed by atoms with Gasteiger partial charge in [0.05, 0.1) is 19.4 Å². The molecule has 4 rings (SSSR count). The van der Waals surface area contributed by atoms with E-state index in [-0.39, 0.29) is 29.1 Å². The van der Waals surface area contributed by atoms with Crippen molar-refractivity contribution in [1.29, 1.82) is 0 Å². The number of imidazole rings is 1. The summed E-state index contributed by atoms with van der Waals surface area (Å²) in [5.74, 6) is 0.207. The summed E-state index contributed by atoms with van der Waals surface area (Å²) in [6.07, 6.45) is 4.64. The maximum Gasteiger partial charge on any atom is 0.332 e. The van der Waals surface area contributed by atoms with Crippen LogP contribution in [0.5, 0.6) is 11.6 Å². The molecule has 3 heterocycles. The van der Waals surface area contributed by atoms with Crippen LogP contribution in [-0.2, 0) is 4.79 Å². The van der Waals surface area contributed by atoms with Gasteiger partial charge >= 0.3 is 5.69 Å². The van der Waals surface area contributed by atoms with Crippen molar-refractivity contribution >= 4 is 23.0 Å². The molecule has 4 N–H and O–H groups in total. The number of H-pyrrole nitrogens is 1. The molecule has 210 valence electrons. The van der Waals surface area contributed by atoms with Gasteiger partial charge in [-0.2, -0.15) is 0 Å². The Labute approximate surface area is 229 Å². The molecule has 0 aliphatic heterocycles. The maximum atomic E-state index is 13.3. The Morgan fingerprint density at radius 3 is 2.60 bits per heavy atom. The highest BCUT2D eigenvalue weighted by atomic mass is 16.5. The van der Waals surface area contributed by atoms with Crippen LogP contribution in [0, 0.1) is 0 Å². The monoisotopic (exact) mass is 549 g/mol. The third-order valence-corrected chi connectivity index (χ3v) is 6.11. The number of hydroxylamine groups is 1. The van der Waals surface area contributed by atoms with Crippen LogP contribution in [0.4, 0.5) is 0 Å². The second-order valence-electron chi connectivity index (χ2n) is 8.81. The lowest BCUT2D eigenvalue weighted by Crippen LogP contribution is -2.26. The summed E-state index contributed by atoms with van der Waals surface area (Å²) < 4.78 is 12.2. The standard InChI is InChI=1S/C27H31N7O6/c1-3-40-21-14-13-17(16-29-21)24-30-23(26(36)28-15-9-5-4-6-12-20(35)33-38)22-25(32-24)34(27(37)31-22)18-10-7-8-11-19(18)39-2/h7-8,10-11,13-14,16,38H,3-6,9,12,15H2,1-2H3,(H,28,36)(H,31,37)(H,33,35). The molecule has 1 aromatic carbocycles. The zero-order valence-corrected chi connectivity index (χ0v) is 22.3. The Balaban J connectivity index is 1.66. The highest BCUT2D eigenvalue weighted by Crippen LogP contribution is 2.26. The van der Waals surface area contributed by atoms with Crippen molar-refractivity contribution in [2.24, 2.45) is 0 Å². The van der Waals surface area contributed by atoms with E-state index in [1.54, 1.807) is 48.1 Å². The number of carbonyl (C=O) groups is 2. The molecule has 0 fully saturated rings. The first-order chi connectivity index (χ1) is 19.5. The molecule has 4 aromatic rings. The van der Waals surface area contributed by atoms with Crippen LogP contribution in [0.15, 0.2) is 47.4 Å². The van der Waals surface area contributed by atoms with Crippen molar-refractivity contribution in [3.05, 3.63) is 58.8 Å². The molecule has 13 heteroatoms. The van der Waals surface area contributed by atoms with Gasteiger partial charge in [-0.25, -0.2) is 29.8 Å². The van der Waals surface area contributed by atoms with Gasteiger partial charge in [0.15, 0.2) is 17.2 Å². The quantitative estimate of drug-likeness (QED) is 0.111. The summed E-state index contributed by atoms with van der Waals surface area (Å²) in [4.78, 5) is 53.7. The van der Waals surface area contributed by atoms with Gasteiger partial charge in [-0.1, -0.05) is 25.0 Å². The Morgan fingerprint density at radius 2 is 1.88 bits per heavy atom. The molecule has 0 saturated carbocycles. The molecular weight excluding hydrogens is 518 g/mol. The number of unbranched alkanes of at least 4 members (excludes halogenated alkanes) is 3. The number of hydrogen-bond acceptors (Lipinski definition) is 9. The summed E-state index contributed by atoms with van der Waals surface area (Å²) in [6.45, 7) is 2.69. The van der Waals surface area contributed by atoms with Crippen LogP contribution < -0.4 is 26.0 Å². The minimum absolute atomic E-state index is 0.0132. The van der Waals surface area contributed by atoms with Crippen LogP contribution in [0.1, 0.15) is 49.5 Å². The fourth-order valence-corrected chi connectivity index (χ4v) is 4.17. The van der Waals surface area contributed by atoms with Crippen LogP contribution in [0.3, 0.4) is 0 Å². The Morgan fingerprint density at radius 1 is 1.07 bits per heavy atom. The molecule has 13 nitrogen and oxygen atoms in total. The second-order valence-corrected chi connectivity index (χ2v) is 8.81. The van der Waals surface area contributed by atoms with E-state index in [0.29, 0.717) is 48.9 Å². The van der Waals surface area contributed by atoms with Gasteiger partial charge < -0.3 is 19.8 Å². The molecule has 0 radical (unpaired) electrons. The summed E-state index contributed by atoms with van der Waals surface area (Å²) in [6, 6.07) is 10.4. The highest BCUT2D eigenvalue weighted by molar-refractivity contribution is 6.03. The zero-order chi connectivity index (χ0) is 28.5. The summed E-state index contributed by atoms with van der Waals surface area (Å²) in [5, 5.41) is 11.4. The maximum absolute atomic E-state index is 13.3. The van der Waals surface area contributed by atoms with E-state index >= 15 is 0 Å². The van der Waals surface area contributed by atoms with Crippen molar-refractivity contribution in [3.8, 4) is 28.7 Å². The lowest BCUT2D eigenvalue weighted by molar-refractivity contribution is -0.129. The molecule has 0 aliphatic carbocycles. The molecule has 0 bridgehead atoms. The Hall–Kier alpha value is -4.78. The van der Waals surface area contributed by atoms with Crippen molar-refractivity contribution in [3.63, 3.8) is 0 Å². The summed E-state index contributed by atoms with van der Waals surface area (Å²) in [7, 11) is 1.50. The summed E-state index contributed by atoms with van der Waals surface area (Å²) >= 11 is 0. The average molecular weight is 550 g/mol. The smallest absolute Gasteiger partial charge is 0.332 e. The summed E-state index contributed by atoms with van der Waals surface area (Å²) in [5.41, 5.74) is 2.50. The molecular formula is C27H31N7O6. The highest BCUT2D eigenvalue weighted by Gasteiger charge is 2.23. The first-order valence-corrected chi connectivity index (χ1v) is 12.9. The molecule has 0 atom stereocenters. The predicted molar refractivity (Wildman–Crippen MR) is 146 cm³/mol. The molecule has 3 aromatic heterocycles. The van der Waals surface area contributed by atoms with E-state index in [1.807, 2.05) is 6.92 Å². The molecule has 0 spiro atoms. The first-order valence-electron chi connectivity index (χ1n) is 12.9. The number of hydrogen-bond donors (Lipinski definition) is 4. The lowest BCUT2D eigenvalue weighted by atomic mass is 10.1. The topological polar surface area (TPSA) is 173 Å². The van der Waals surface area contributed by atoms with Gasteiger partial charge in [0, 0.05) is 30.8 Å². The van der Waals surface area contributed by atoms with E-state index in [1.165, 1.54) is 11.7 Å². The van der Waals surface area contributed by atoms with E-state index < -0.39 is 17.5 Å². The minimum atomic E-state index is -0.503. The number of carbonyl (C=O) groups excluding carboxylic acids is 2. The van der Waals surface area contributed by atoms with E-state index in [9.17, 15) is 14.4 Å². The van der Waals surface area contributed by atoms with Crippen LogP contribution in [0.25, 0.3) is 28.2 Å². The molecule has 2 amide bonds. The second kappa shape index (κ2) is 13.3. The number of ether oxygens (including phenoxy) is 2. The number of rotatable bonds is 13. The number of para-hydroxylation sites is 2. The number of fused-ring (bicyclic) bond motifs is 1. The van der Waals surface area contributed by atoms with E-state index in [2.05, 4.69) is 25.3 Å². The Kier molecular flexibility index (Phi) is 9.41. The fraction of sp³-hybridized carbons (Fsp3) is 0.333. The van der Waals surface area contributed by atoms with Gasteiger partial charge in [0.2, 0.25) is 11.8 Å². The number of nitrogens with zero attached hydrogens (tertiary/aromatic N) is 4. The van der Waals surface area contributed by atoms with Gasteiger partial charge in [-0.05, 0) is 38.0 Å². The molecule has 0 aliphatic rings. The fourth-order valence-electron chi connectivity index (χ4n) is 4.17. The number of aromatic amines is 1. The minimum Gasteiger partial charge on any atom is -0.495 e. The van der Waals surface area contributed by atoms with Crippen molar-refractivity contribution in [1.82, 2.24) is 35.3 Å². The largest absolute Gasteiger partial charge is 0.495 e. The van der Waals surface area contributed by atoms with Gasteiger partial charge in [0.25, 0.3) is 5.91 Å². The van der Waals surface area contributed by atoms with Crippen LogP contribution in [0.2, 0.25) is 0 Å². The molecule has 0 unspecified atom stereocenters. The van der Waals surface area contributed by atoms with Gasteiger partial charge in [-0.15, -0.1) is 0 Å². The third kappa shape index (κ3) is 6.43. The van der Waals surface area contributed by atoms with Crippen LogP contribution in [-0.4, -0.2) is 61.8 Å². The number of aromatic nitrogens is 5. The normalized spacial score (nSPS) is 10.9. The number of methoxy groups -OCH3 is 1. The third-order valence-electron chi connectivity index (χ3n) is 6.11. The molecule has 0 saturated heterocycles. The van der Waals surface area contributed by atoms with E-state index in [0.717, 1.165) is 12.8 Å². The number of nitrogens with one attached hydrogen (secondary N) is 3.